The quantitative estimate of drug-likeness (QED) is 0.499. The first-order valence-electron chi connectivity index (χ1n) is 7.39. The lowest BCUT2D eigenvalue weighted by Gasteiger charge is -2.05. The molecule has 2 N–H and O–H groups in total. The van der Waals surface area contributed by atoms with E-state index in [2.05, 4.69) is 15.8 Å². The van der Waals surface area contributed by atoms with E-state index in [4.69, 9.17) is 4.74 Å². The number of ether oxygens (including phenoxy) is 1. The van der Waals surface area contributed by atoms with Gasteiger partial charge in [-0.3, -0.25) is 9.59 Å². The average molecular weight is 325 g/mol. The van der Waals surface area contributed by atoms with Gasteiger partial charge in [-0.1, -0.05) is 42.0 Å². The van der Waals surface area contributed by atoms with E-state index in [1.807, 2.05) is 43.3 Å². The van der Waals surface area contributed by atoms with Crippen molar-refractivity contribution in [2.75, 3.05) is 7.11 Å². The lowest BCUT2D eigenvalue weighted by molar-refractivity contribution is -0.139. The summed E-state index contributed by atoms with van der Waals surface area (Å²) in [6.45, 7) is 2.23. The third-order valence-corrected chi connectivity index (χ3v) is 3.28. The van der Waals surface area contributed by atoms with E-state index in [1.54, 1.807) is 19.2 Å². The fourth-order valence-corrected chi connectivity index (χ4v) is 1.87. The number of hydrazone groups is 1. The number of methoxy groups -OCH3 is 1. The highest BCUT2D eigenvalue weighted by atomic mass is 16.5. The van der Waals surface area contributed by atoms with Gasteiger partial charge in [0.2, 0.25) is 0 Å². The summed E-state index contributed by atoms with van der Waals surface area (Å²) in [6, 6.07) is 14.8. The summed E-state index contributed by atoms with van der Waals surface area (Å²) in [5.74, 6) is -0.827. The number of amides is 2. The molecule has 6 heteroatoms. The van der Waals surface area contributed by atoms with Gasteiger partial charge in [0.1, 0.15) is 5.75 Å². The Labute approximate surface area is 140 Å². The van der Waals surface area contributed by atoms with Crippen LogP contribution in [-0.4, -0.2) is 25.1 Å². The van der Waals surface area contributed by atoms with Gasteiger partial charge in [0, 0.05) is 6.54 Å². The van der Waals surface area contributed by atoms with Crippen molar-refractivity contribution in [2.45, 2.75) is 13.5 Å². The third kappa shape index (κ3) is 5.24. The van der Waals surface area contributed by atoms with Crippen LogP contribution in [-0.2, 0) is 16.1 Å². The molecule has 2 aromatic carbocycles. The number of nitrogens with zero attached hydrogens (tertiary/aromatic N) is 1. The van der Waals surface area contributed by atoms with Gasteiger partial charge in [-0.2, -0.15) is 5.10 Å². The van der Waals surface area contributed by atoms with Crippen molar-refractivity contribution in [3.63, 3.8) is 0 Å². The topological polar surface area (TPSA) is 79.8 Å². The second-order valence-electron chi connectivity index (χ2n) is 5.14. The first-order chi connectivity index (χ1) is 11.6. The summed E-state index contributed by atoms with van der Waals surface area (Å²) in [6.07, 6.45) is 1.48. The highest BCUT2D eigenvalue weighted by Gasteiger charge is 2.11. The van der Waals surface area contributed by atoms with Crippen molar-refractivity contribution in [3.8, 4) is 5.75 Å². The maximum atomic E-state index is 11.7. The van der Waals surface area contributed by atoms with Crippen LogP contribution in [0.3, 0.4) is 0 Å². The van der Waals surface area contributed by atoms with Gasteiger partial charge in [-0.15, -0.1) is 0 Å². The van der Waals surface area contributed by atoms with Crippen molar-refractivity contribution in [1.29, 1.82) is 0 Å². The Kier molecular flexibility index (Phi) is 6.08. The molecule has 2 amide bonds. The number of carbonyl (C=O) groups excluding carboxylic acids is 2. The Bertz CT molecular complexity index is 722. The molecule has 0 aliphatic rings. The number of aryl methyl sites for hydroxylation is 1. The van der Waals surface area contributed by atoms with Crippen LogP contribution >= 0.6 is 0 Å². The van der Waals surface area contributed by atoms with Crippen LogP contribution in [0.1, 0.15) is 16.7 Å². The Morgan fingerprint density at radius 3 is 2.33 bits per heavy atom. The molecule has 0 aromatic heterocycles. The van der Waals surface area contributed by atoms with Crippen LogP contribution in [0.15, 0.2) is 53.6 Å². The molecular weight excluding hydrogens is 306 g/mol. The van der Waals surface area contributed by atoms with E-state index in [1.165, 1.54) is 6.21 Å². The van der Waals surface area contributed by atoms with E-state index in [0.717, 1.165) is 22.4 Å². The van der Waals surface area contributed by atoms with Gasteiger partial charge in [-0.05, 0) is 30.2 Å². The molecule has 6 nitrogen and oxygen atoms in total. The van der Waals surface area contributed by atoms with Gasteiger partial charge in [0.15, 0.2) is 0 Å². The van der Waals surface area contributed by atoms with Gasteiger partial charge in [0.25, 0.3) is 0 Å². The fraction of sp³-hybridized carbons (Fsp3) is 0.167. The Hall–Kier alpha value is -3.15. The number of benzene rings is 2. The SMILES string of the molecule is COc1ccc(CNC(=O)C(=O)N/N=C\c2ccc(C)cc2)cc1. The molecule has 0 unspecified atom stereocenters. The van der Waals surface area contributed by atoms with Crippen LogP contribution in [0, 0.1) is 6.92 Å². The summed E-state index contributed by atoms with van der Waals surface area (Å²) in [5, 5.41) is 6.29. The minimum Gasteiger partial charge on any atom is -0.497 e. The molecule has 24 heavy (non-hydrogen) atoms. The molecule has 0 saturated carbocycles. The third-order valence-electron chi connectivity index (χ3n) is 3.28. The number of carbonyl (C=O) groups is 2. The number of rotatable bonds is 5. The molecule has 0 aliphatic heterocycles. The monoisotopic (exact) mass is 325 g/mol. The number of hydrogen-bond acceptors (Lipinski definition) is 4. The van der Waals surface area contributed by atoms with E-state index >= 15 is 0 Å². The van der Waals surface area contributed by atoms with Crippen molar-refractivity contribution in [1.82, 2.24) is 10.7 Å². The summed E-state index contributed by atoms with van der Waals surface area (Å²) in [4.78, 5) is 23.4. The lowest BCUT2D eigenvalue weighted by Crippen LogP contribution is -2.37. The summed E-state index contributed by atoms with van der Waals surface area (Å²) in [5.41, 5.74) is 5.03. The molecular formula is C18H19N3O3. The van der Waals surface area contributed by atoms with Crippen molar-refractivity contribution < 1.29 is 14.3 Å². The first kappa shape index (κ1) is 17.2. The predicted molar refractivity (Wildman–Crippen MR) is 91.8 cm³/mol. The molecule has 0 heterocycles. The number of hydrogen-bond donors (Lipinski definition) is 2. The Balaban J connectivity index is 1.79. The van der Waals surface area contributed by atoms with Crippen molar-refractivity contribution in [2.24, 2.45) is 5.10 Å². The lowest BCUT2D eigenvalue weighted by atomic mass is 10.2. The molecule has 2 rings (SSSR count). The van der Waals surface area contributed by atoms with Crippen LogP contribution < -0.4 is 15.5 Å². The van der Waals surface area contributed by atoms with E-state index in [0.29, 0.717) is 0 Å². The molecule has 0 fully saturated rings. The minimum atomic E-state index is -0.813. The maximum Gasteiger partial charge on any atom is 0.329 e. The molecule has 0 spiro atoms. The highest BCUT2D eigenvalue weighted by molar-refractivity contribution is 6.35. The van der Waals surface area contributed by atoms with E-state index in [9.17, 15) is 9.59 Å². The largest absolute Gasteiger partial charge is 0.497 e. The summed E-state index contributed by atoms with van der Waals surface area (Å²) >= 11 is 0. The highest BCUT2D eigenvalue weighted by Crippen LogP contribution is 2.10. The average Bonchev–Trinajstić information content (AvgIpc) is 2.61. The maximum absolute atomic E-state index is 11.7. The normalized spacial score (nSPS) is 10.4. The van der Waals surface area contributed by atoms with Crippen molar-refractivity contribution in [3.05, 3.63) is 65.2 Å². The van der Waals surface area contributed by atoms with Crippen LogP contribution in [0.25, 0.3) is 0 Å². The molecule has 124 valence electrons. The van der Waals surface area contributed by atoms with Crippen LogP contribution in [0.2, 0.25) is 0 Å². The standard InChI is InChI=1S/C18H19N3O3/c1-13-3-5-15(6-4-13)12-20-21-18(23)17(22)19-11-14-7-9-16(24-2)10-8-14/h3-10,12H,11H2,1-2H3,(H,19,22)(H,21,23)/b20-12-. The van der Waals surface area contributed by atoms with Gasteiger partial charge in [0.05, 0.1) is 13.3 Å². The summed E-state index contributed by atoms with van der Waals surface area (Å²) < 4.78 is 5.05. The smallest absolute Gasteiger partial charge is 0.329 e. The Morgan fingerprint density at radius 1 is 1.04 bits per heavy atom. The second kappa shape index (κ2) is 8.47. The van der Waals surface area contributed by atoms with E-state index in [-0.39, 0.29) is 6.54 Å². The Morgan fingerprint density at radius 2 is 1.71 bits per heavy atom. The molecule has 0 bridgehead atoms. The first-order valence-corrected chi connectivity index (χ1v) is 7.39. The van der Waals surface area contributed by atoms with Crippen LogP contribution in [0.5, 0.6) is 5.75 Å². The van der Waals surface area contributed by atoms with Crippen LogP contribution in [0.4, 0.5) is 0 Å². The molecule has 0 saturated heterocycles. The fourth-order valence-electron chi connectivity index (χ4n) is 1.87. The predicted octanol–water partition coefficient (Wildman–Crippen LogP) is 1.77. The molecule has 2 aromatic rings. The van der Waals surface area contributed by atoms with Gasteiger partial charge < -0.3 is 10.1 Å². The molecule has 0 radical (unpaired) electrons. The molecule has 0 aliphatic carbocycles. The van der Waals surface area contributed by atoms with Gasteiger partial charge >= 0.3 is 11.8 Å². The second-order valence-corrected chi connectivity index (χ2v) is 5.14. The zero-order chi connectivity index (χ0) is 17.4. The van der Waals surface area contributed by atoms with Gasteiger partial charge in [-0.25, -0.2) is 5.43 Å². The molecule has 0 atom stereocenters. The number of nitrogens with one attached hydrogen (secondary N) is 2. The summed E-state index contributed by atoms with van der Waals surface area (Å²) in [7, 11) is 1.58. The van der Waals surface area contributed by atoms with E-state index < -0.39 is 11.8 Å². The van der Waals surface area contributed by atoms with Crippen molar-refractivity contribution >= 4 is 18.0 Å². The minimum absolute atomic E-state index is 0.248. The zero-order valence-corrected chi connectivity index (χ0v) is 13.6. The zero-order valence-electron chi connectivity index (χ0n) is 13.6.